The fourth-order valence-electron chi connectivity index (χ4n) is 1.00. The zero-order valence-electron chi connectivity index (χ0n) is 7.84. The number of hydrogen-bond donors (Lipinski definition) is 1. The summed E-state index contributed by atoms with van der Waals surface area (Å²) < 4.78 is 0. The molecule has 0 saturated heterocycles. The van der Waals surface area contributed by atoms with Crippen LogP contribution >= 0.6 is 11.8 Å². The molecule has 2 N–H and O–H groups in total. The van der Waals surface area contributed by atoms with Crippen molar-refractivity contribution in [2.24, 2.45) is 5.73 Å². The van der Waals surface area contributed by atoms with Crippen molar-refractivity contribution in [3.63, 3.8) is 0 Å². The van der Waals surface area contributed by atoms with Crippen LogP contribution in [-0.4, -0.2) is 42.6 Å². The lowest BCUT2D eigenvalue weighted by Gasteiger charge is -2.25. The Labute approximate surface area is 74.5 Å². The Morgan fingerprint density at radius 3 is 2.36 bits per heavy atom. The van der Waals surface area contributed by atoms with Crippen LogP contribution in [0.4, 0.5) is 0 Å². The fraction of sp³-hybridized carbons (Fsp3) is 1.00. The lowest BCUT2D eigenvalue weighted by Crippen LogP contribution is -2.36. The fourth-order valence-corrected chi connectivity index (χ4v) is 1.42. The summed E-state index contributed by atoms with van der Waals surface area (Å²) in [7, 11) is 0. The molecular weight excluding hydrogens is 156 g/mol. The van der Waals surface area contributed by atoms with Gasteiger partial charge in [-0.3, -0.25) is 4.90 Å². The minimum absolute atomic E-state index is 0.630. The molecule has 0 unspecified atom stereocenters. The molecule has 0 bridgehead atoms. The molecule has 0 aromatic carbocycles. The molecule has 0 spiro atoms. The molecule has 0 fully saturated rings. The SMILES string of the molecule is CSCCN(CCN)C(C)C. The van der Waals surface area contributed by atoms with Gasteiger partial charge in [-0.2, -0.15) is 11.8 Å². The monoisotopic (exact) mass is 176 g/mol. The van der Waals surface area contributed by atoms with Crippen molar-refractivity contribution in [3.8, 4) is 0 Å². The van der Waals surface area contributed by atoms with E-state index < -0.39 is 0 Å². The number of rotatable bonds is 6. The van der Waals surface area contributed by atoms with Crippen molar-refractivity contribution >= 4 is 11.8 Å². The molecule has 68 valence electrons. The largest absolute Gasteiger partial charge is 0.329 e. The lowest BCUT2D eigenvalue weighted by atomic mass is 10.3. The Morgan fingerprint density at radius 2 is 2.00 bits per heavy atom. The Bertz CT molecular complexity index is 86.2. The second kappa shape index (κ2) is 6.95. The molecule has 11 heavy (non-hydrogen) atoms. The van der Waals surface area contributed by atoms with E-state index in [2.05, 4.69) is 25.0 Å². The van der Waals surface area contributed by atoms with Crippen LogP contribution in [0.5, 0.6) is 0 Å². The third-order valence-corrected chi connectivity index (χ3v) is 2.32. The Balaban J connectivity index is 3.51. The van der Waals surface area contributed by atoms with Crippen LogP contribution in [-0.2, 0) is 0 Å². The molecule has 0 atom stereocenters. The van der Waals surface area contributed by atoms with Crippen LogP contribution in [0, 0.1) is 0 Å². The van der Waals surface area contributed by atoms with Gasteiger partial charge in [0.25, 0.3) is 0 Å². The van der Waals surface area contributed by atoms with E-state index in [0.717, 1.165) is 19.6 Å². The van der Waals surface area contributed by atoms with E-state index in [4.69, 9.17) is 5.73 Å². The maximum absolute atomic E-state index is 5.49. The highest BCUT2D eigenvalue weighted by Crippen LogP contribution is 1.99. The molecule has 2 nitrogen and oxygen atoms in total. The molecule has 0 heterocycles. The van der Waals surface area contributed by atoms with Crippen molar-refractivity contribution in [1.29, 1.82) is 0 Å². The van der Waals surface area contributed by atoms with E-state index in [1.54, 1.807) is 0 Å². The summed E-state index contributed by atoms with van der Waals surface area (Å²) in [5, 5.41) is 0. The number of hydrogen-bond acceptors (Lipinski definition) is 3. The smallest absolute Gasteiger partial charge is 0.0108 e. The summed E-state index contributed by atoms with van der Waals surface area (Å²) in [6.07, 6.45) is 2.14. The topological polar surface area (TPSA) is 29.3 Å². The first kappa shape index (κ1) is 11.3. The second-order valence-corrected chi connectivity index (χ2v) is 3.90. The molecule has 0 aromatic rings. The number of nitrogens with zero attached hydrogens (tertiary/aromatic N) is 1. The van der Waals surface area contributed by atoms with E-state index in [1.165, 1.54) is 5.75 Å². The zero-order chi connectivity index (χ0) is 8.69. The molecule has 0 radical (unpaired) electrons. The molecule has 0 amide bonds. The van der Waals surface area contributed by atoms with Crippen LogP contribution < -0.4 is 5.73 Å². The average molecular weight is 176 g/mol. The third-order valence-electron chi connectivity index (χ3n) is 1.73. The molecule has 0 aliphatic carbocycles. The van der Waals surface area contributed by atoms with Gasteiger partial charge in [-0.25, -0.2) is 0 Å². The van der Waals surface area contributed by atoms with Gasteiger partial charge < -0.3 is 5.73 Å². The van der Waals surface area contributed by atoms with Gasteiger partial charge in [-0.15, -0.1) is 0 Å². The normalized spacial score (nSPS) is 11.5. The highest BCUT2D eigenvalue weighted by atomic mass is 32.2. The highest BCUT2D eigenvalue weighted by molar-refractivity contribution is 7.98. The van der Waals surface area contributed by atoms with Gasteiger partial charge in [0, 0.05) is 31.4 Å². The quantitative estimate of drug-likeness (QED) is 0.655. The summed E-state index contributed by atoms with van der Waals surface area (Å²) in [5.74, 6) is 1.21. The Morgan fingerprint density at radius 1 is 1.36 bits per heavy atom. The Hall–Kier alpha value is 0.270. The van der Waals surface area contributed by atoms with E-state index in [1.807, 2.05) is 11.8 Å². The van der Waals surface area contributed by atoms with Crippen LogP contribution in [0.2, 0.25) is 0 Å². The van der Waals surface area contributed by atoms with E-state index in [-0.39, 0.29) is 0 Å². The van der Waals surface area contributed by atoms with Crippen molar-refractivity contribution < 1.29 is 0 Å². The molecule has 0 aliphatic rings. The van der Waals surface area contributed by atoms with Crippen molar-refractivity contribution in [2.75, 3.05) is 31.6 Å². The predicted octanol–water partition coefficient (Wildman–Crippen LogP) is 1.02. The first-order valence-corrected chi connectivity index (χ1v) is 5.54. The maximum Gasteiger partial charge on any atom is 0.0108 e. The average Bonchev–Trinajstić information content (AvgIpc) is 1.97. The van der Waals surface area contributed by atoms with Crippen LogP contribution in [0.25, 0.3) is 0 Å². The predicted molar refractivity (Wildman–Crippen MR) is 54.1 cm³/mol. The van der Waals surface area contributed by atoms with Gasteiger partial charge in [0.1, 0.15) is 0 Å². The van der Waals surface area contributed by atoms with E-state index in [0.29, 0.717) is 6.04 Å². The summed E-state index contributed by atoms with van der Waals surface area (Å²) in [4.78, 5) is 2.41. The first-order valence-electron chi connectivity index (χ1n) is 4.15. The summed E-state index contributed by atoms with van der Waals surface area (Å²) in [5.41, 5.74) is 5.49. The number of nitrogens with two attached hydrogens (primary N) is 1. The summed E-state index contributed by atoms with van der Waals surface area (Å²) >= 11 is 1.89. The lowest BCUT2D eigenvalue weighted by molar-refractivity contribution is 0.242. The van der Waals surface area contributed by atoms with Crippen molar-refractivity contribution in [2.45, 2.75) is 19.9 Å². The van der Waals surface area contributed by atoms with Gasteiger partial charge in [0.15, 0.2) is 0 Å². The van der Waals surface area contributed by atoms with Crippen molar-refractivity contribution in [3.05, 3.63) is 0 Å². The Kier molecular flexibility index (Phi) is 7.12. The highest BCUT2D eigenvalue weighted by Gasteiger charge is 2.06. The molecular formula is C8H20N2S. The zero-order valence-corrected chi connectivity index (χ0v) is 8.66. The van der Waals surface area contributed by atoms with Gasteiger partial charge in [-0.1, -0.05) is 0 Å². The molecule has 0 aliphatic heterocycles. The molecule has 0 rings (SSSR count). The molecule has 3 heteroatoms. The minimum atomic E-state index is 0.630. The second-order valence-electron chi connectivity index (χ2n) is 2.91. The number of thioether (sulfide) groups is 1. The van der Waals surface area contributed by atoms with Crippen LogP contribution in [0.1, 0.15) is 13.8 Å². The molecule has 0 aromatic heterocycles. The van der Waals surface area contributed by atoms with Gasteiger partial charge >= 0.3 is 0 Å². The van der Waals surface area contributed by atoms with Gasteiger partial charge in [0.05, 0.1) is 0 Å². The van der Waals surface area contributed by atoms with Gasteiger partial charge in [-0.05, 0) is 20.1 Å². The molecule has 0 saturated carbocycles. The van der Waals surface area contributed by atoms with E-state index in [9.17, 15) is 0 Å². The minimum Gasteiger partial charge on any atom is -0.329 e. The summed E-state index contributed by atoms with van der Waals surface area (Å²) in [6.45, 7) is 7.40. The third kappa shape index (κ3) is 5.53. The van der Waals surface area contributed by atoms with Gasteiger partial charge in [0.2, 0.25) is 0 Å². The maximum atomic E-state index is 5.49. The van der Waals surface area contributed by atoms with Crippen LogP contribution in [0.15, 0.2) is 0 Å². The van der Waals surface area contributed by atoms with E-state index >= 15 is 0 Å². The van der Waals surface area contributed by atoms with Crippen molar-refractivity contribution in [1.82, 2.24) is 4.90 Å². The first-order chi connectivity index (χ1) is 5.22. The van der Waals surface area contributed by atoms with Crippen LogP contribution in [0.3, 0.4) is 0 Å². The standard InChI is InChI=1S/C8H20N2S/c1-8(2)10(5-4-9)6-7-11-3/h8H,4-7,9H2,1-3H3. The summed E-state index contributed by atoms with van der Waals surface area (Å²) in [6, 6.07) is 0.630.